The van der Waals surface area contributed by atoms with E-state index in [4.69, 9.17) is 4.74 Å². The summed E-state index contributed by atoms with van der Waals surface area (Å²) >= 11 is 0. The van der Waals surface area contributed by atoms with E-state index in [0.29, 0.717) is 44.6 Å². The lowest BCUT2D eigenvalue weighted by Crippen LogP contribution is -2.50. The molecule has 1 aliphatic heterocycles. The van der Waals surface area contributed by atoms with Crippen molar-refractivity contribution >= 4 is 11.9 Å². The second kappa shape index (κ2) is 7.24. The minimum atomic E-state index is -0.350. The molecule has 1 unspecified atom stereocenters. The Labute approximate surface area is 140 Å². The van der Waals surface area contributed by atoms with Crippen LogP contribution in [0.5, 0.6) is 5.88 Å². The van der Waals surface area contributed by atoms with Gasteiger partial charge >= 0.3 is 0 Å². The summed E-state index contributed by atoms with van der Waals surface area (Å²) in [6, 6.07) is 1.39. The number of carbonyl (C=O) groups excluding carboxylic acids is 1. The van der Waals surface area contributed by atoms with E-state index in [0.717, 1.165) is 0 Å². The summed E-state index contributed by atoms with van der Waals surface area (Å²) < 4.78 is 6.98. The zero-order chi connectivity index (χ0) is 16.9. The first-order valence-corrected chi connectivity index (χ1v) is 8.02. The van der Waals surface area contributed by atoms with Crippen LogP contribution in [0.1, 0.15) is 19.9 Å². The third kappa shape index (κ3) is 3.44. The van der Waals surface area contributed by atoms with Crippen molar-refractivity contribution in [3.05, 3.63) is 24.9 Å². The highest BCUT2D eigenvalue weighted by molar-refractivity contribution is 5.80. The van der Waals surface area contributed by atoms with Crippen LogP contribution >= 0.6 is 0 Å². The maximum absolute atomic E-state index is 12.5. The molecule has 0 spiro atoms. The minimum absolute atomic E-state index is 0.0455. The van der Waals surface area contributed by atoms with Crippen molar-refractivity contribution in [1.29, 1.82) is 0 Å². The van der Waals surface area contributed by atoms with Crippen molar-refractivity contribution in [2.45, 2.75) is 19.9 Å². The molecule has 1 saturated heterocycles. The van der Waals surface area contributed by atoms with Gasteiger partial charge in [-0.05, 0) is 13.8 Å². The van der Waals surface area contributed by atoms with E-state index in [1.54, 1.807) is 23.3 Å². The zero-order valence-electron chi connectivity index (χ0n) is 13.9. The molecule has 1 fully saturated rings. The number of hydrogen-bond acceptors (Lipinski definition) is 7. The Hall–Kier alpha value is -2.71. The van der Waals surface area contributed by atoms with Gasteiger partial charge in [0.15, 0.2) is 0 Å². The normalized spacial score (nSPS) is 16.1. The predicted octanol–water partition coefficient (Wildman–Crippen LogP) is 0.377. The Morgan fingerprint density at radius 1 is 1.33 bits per heavy atom. The fourth-order valence-corrected chi connectivity index (χ4v) is 2.63. The number of anilines is 1. The number of aromatic nitrogens is 5. The van der Waals surface area contributed by atoms with Gasteiger partial charge in [-0.15, -0.1) is 0 Å². The maximum atomic E-state index is 12.5. The summed E-state index contributed by atoms with van der Waals surface area (Å²) in [7, 11) is 0. The fourth-order valence-electron chi connectivity index (χ4n) is 2.63. The Kier molecular flexibility index (Phi) is 4.88. The SMILES string of the molecule is CCOc1ccnc(N2CCN(C(=O)C(C)n3cncn3)CC2)n1. The van der Waals surface area contributed by atoms with Crippen molar-refractivity contribution in [1.82, 2.24) is 29.6 Å². The lowest BCUT2D eigenvalue weighted by molar-refractivity contribution is -0.134. The molecule has 24 heavy (non-hydrogen) atoms. The Bertz CT molecular complexity index is 668. The number of hydrogen-bond donors (Lipinski definition) is 0. The van der Waals surface area contributed by atoms with Gasteiger partial charge in [0.2, 0.25) is 17.7 Å². The summed E-state index contributed by atoms with van der Waals surface area (Å²) in [6.45, 7) is 6.94. The van der Waals surface area contributed by atoms with Gasteiger partial charge < -0.3 is 14.5 Å². The summed E-state index contributed by atoms with van der Waals surface area (Å²) in [5.74, 6) is 1.25. The van der Waals surface area contributed by atoms with E-state index in [2.05, 4.69) is 25.0 Å². The summed E-state index contributed by atoms with van der Waals surface area (Å²) in [6.07, 6.45) is 4.69. The molecule has 1 atom stereocenters. The van der Waals surface area contributed by atoms with Gasteiger partial charge in [0.1, 0.15) is 18.7 Å². The number of ether oxygens (including phenoxy) is 1. The van der Waals surface area contributed by atoms with Crippen LogP contribution in [0.4, 0.5) is 5.95 Å². The van der Waals surface area contributed by atoms with Crippen molar-refractivity contribution in [3.63, 3.8) is 0 Å². The van der Waals surface area contributed by atoms with Crippen molar-refractivity contribution in [2.75, 3.05) is 37.7 Å². The molecule has 2 aromatic rings. The molecule has 1 aliphatic rings. The molecule has 0 radical (unpaired) electrons. The maximum Gasteiger partial charge on any atom is 0.247 e. The second-order valence-corrected chi connectivity index (χ2v) is 5.49. The standard InChI is InChI=1S/C15H21N7O2/c1-3-24-13-4-5-17-15(19-13)21-8-6-20(7-9-21)14(23)12(2)22-11-16-10-18-22/h4-5,10-12H,3,6-9H2,1-2H3. The van der Waals surface area contributed by atoms with Crippen LogP contribution in [0.15, 0.2) is 24.9 Å². The molecule has 9 heteroatoms. The van der Waals surface area contributed by atoms with Gasteiger partial charge in [0.05, 0.1) is 6.61 Å². The zero-order valence-corrected chi connectivity index (χ0v) is 13.9. The lowest BCUT2D eigenvalue weighted by atomic mass is 10.2. The summed E-state index contributed by atoms with van der Waals surface area (Å²) in [4.78, 5) is 29.0. The smallest absolute Gasteiger partial charge is 0.247 e. The van der Waals surface area contributed by atoms with E-state index in [1.807, 2.05) is 18.7 Å². The third-order valence-electron chi connectivity index (χ3n) is 3.97. The van der Waals surface area contributed by atoms with Crippen LogP contribution in [0.25, 0.3) is 0 Å². The van der Waals surface area contributed by atoms with Crippen molar-refractivity contribution in [3.8, 4) is 5.88 Å². The molecule has 1 amide bonds. The first kappa shape index (κ1) is 16.2. The van der Waals surface area contributed by atoms with Crippen molar-refractivity contribution in [2.24, 2.45) is 0 Å². The first-order valence-electron chi connectivity index (χ1n) is 8.02. The topological polar surface area (TPSA) is 89.3 Å². The highest BCUT2D eigenvalue weighted by Gasteiger charge is 2.27. The number of rotatable bonds is 5. The molecule has 0 aliphatic carbocycles. The highest BCUT2D eigenvalue weighted by atomic mass is 16.5. The molecule has 128 valence electrons. The number of carbonyl (C=O) groups is 1. The number of piperazine rings is 1. The van der Waals surface area contributed by atoms with E-state index in [1.165, 1.54) is 6.33 Å². The van der Waals surface area contributed by atoms with Crippen LogP contribution in [-0.4, -0.2) is 68.3 Å². The van der Waals surface area contributed by atoms with Gasteiger partial charge in [0, 0.05) is 38.4 Å². The van der Waals surface area contributed by atoms with Crippen LogP contribution in [0.3, 0.4) is 0 Å². The Morgan fingerprint density at radius 2 is 2.12 bits per heavy atom. The van der Waals surface area contributed by atoms with E-state index in [-0.39, 0.29) is 11.9 Å². The Morgan fingerprint density at radius 3 is 2.79 bits per heavy atom. The van der Waals surface area contributed by atoms with Crippen LogP contribution < -0.4 is 9.64 Å². The van der Waals surface area contributed by atoms with Crippen LogP contribution in [0.2, 0.25) is 0 Å². The summed E-state index contributed by atoms with van der Waals surface area (Å²) in [5, 5.41) is 4.04. The quantitative estimate of drug-likeness (QED) is 0.782. The number of amides is 1. The molecule has 9 nitrogen and oxygen atoms in total. The molecule has 2 aromatic heterocycles. The largest absolute Gasteiger partial charge is 0.478 e. The van der Waals surface area contributed by atoms with Crippen LogP contribution in [-0.2, 0) is 4.79 Å². The van der Waals surface area contributed by atoms with E-state index >= 15 is 0 Å². The molecule has 0 N–H and O–H groups in total. The van der Waals surface area contributed by atoms with Gasteiger partial charge in [-0.25, -0.2) is 14.6 Å². The monoisotopic (exact) mass is 331 g/mol. The van der Waals surface area contributed by atoms with E-state index in [9.17, 15) is 4.79 Å². The van der Waals surface area contributed by atoms with Crippen LogP contribution in [0, 0.1) is 0 Å². The molecular weight excluding hydrogens is 310 g/mol. The van der Waals surface area contributed by atoms with Gasteiger partial charge in [-0.2, -0.15) is 10.1 Å². The van der Waals surface area contributed by atoms with Gasteiger partial charge in [-0.3, -0.25) is 4.79 Å². The minimum Gasteiger partial charge on any atom is -0.478 e. The highest BCUT2D eigenvalue weighted by Crippen LogP contribution is 2.16. The third-order valence-corrected chi connectivity index (χ3v) is 3.97. The van der Waals surface area contributed by atoms with Gasteiger partial charge in [-0.1, -0.05) is 0 Å². The molecule has 3 rings (SSSR count). The predicted molar refractivity (Wildman–Crippen MR) is 86.7 cm³/mol. The van der Waals surface area contributed by atoms with Crippen molar-refractivity contribution < 1.29 is 9.53 Å². The number of nitrogens with zero attached hydrogens (tertiary/aromatic N) is 7. The molecule has 0 aromatic carbocycles. The average Bonchev–Trinajstić information content (AvgIpc) is 3.16. The summed E-state index contributed by atoms with van der Waals surface area (Å²) in [5.41, 5.74) is 0. The lowest BCUT2D eigenvalue weighted by Gasteiger charge is -2.35. The molecule has 0 saturated carbocycles. The average molecular weight is 331 g/mol. The fraction of sp³-hybridized carbons (Fsp3) is 0.533. The second-order valence-electron chi connectivity index (χ2n) is 5.49. The van der Waals surface area contributed by atoms with Gasteiger partial charge in [0.25, 0.3) is 0 Å². The van der Waals surface area contributed by atoms with E-state index < -0.39 is 0 Å². The molecule has 0 bridgehead atoms. The first-order chi connectivity index (χ1) is 11.7. The Balaban J connectivity index is 1.59. The molecule has 3 heterocycles. The molecular formula is C15H21N7O2.